The molecule has 1 heteroatoms. The van der Waals surface area contributed by atoms with E-state index in [1.807, 2.05) is 0 Å². The van der Waals surface area contributed by atoms with Gasteiger partial charge in [-0.15, -0.1) is 0 Å². The van der Waals surface area contributed by atoms with Crippen molar-refractivity contribution in [1.29, 1.82) is 0 Å². The molecule has 1 aliphatic carbocycles. The lowest BCUT2D eigenvalue weighted by Gasteiger charge is -2.17. The summed E-state index contributed by atoms with van der Waals surface area (Å²) >= 11 is 0. The molecule has 0 saturated heterocycles. The fourth-order valence-electron chi connectivity index (χ4n) is 1.72. The molecule has 0 N–H and O–H groups in total. The zero-order valence-electron chi connectivity index (χ0n) is 9.65. The zero-order valence-corrected chi connectivity index (χ0v) is 10.6. The Morgan fingerprint density at radius 3 is 2.31 bits per heavy atom. The Morgan fingerprint density at radius 1 is 1.31 bits per heavy atom. The average Bonchev–Trinajstić information content (AvgIpc) is 2.32. The highest BCUT2D eigenvalue weighted by molar-refractivity contribution is 6.83. The van der Waals surface area contributed by atoms with Gasteiger partial charge in [0.15, 0.2) is 0 Å². The van der Waals surface area contributed by atoms with Crippen LogP contribution in [-0.4, -0.2) is 8.07 Å². The standard InChI is InChI=1S/C12H22Si/c1-10(2)8-11-6-7-12(9-11)13(3,4)5/h6,9-10H,7-8H2,1-5H3. The molecule has 0 unspecified atom stereocenters. The Labute approximate surface area is 83.7 Å². The quantitative estimate of drug-likeness (QED) is 0.592. The van der Waals surface area contributed by atoms with Crippen LogP contribution in [0.3, 0.4) is 0 Å². The normalized spacial score (nSPS) is 17.7. The molecule has 0 aromatic carbocycles. The van der Waals surface area contributed by atoms with Gasteiger partial charge in [-0.2, -0.15) is 0 Å². The maximum atomic E-state index is 2.46. The molecule has 0 nitrogen and oxygen atoms in total. The lowest BCUT2D eigenvalue weighted by molar-refractivity contribution is 0.650. The summed E-state index contributed by atoms with van der Waals surface area (Å²) in [5.41, 5.74) is 1.58. The van der Waals surface area contributed by atoms with Gasteiger partial charge in [-0.05, 0) is 18.8 Å². The van der Waals surface area contributed by atoms with E-state index in [4.69, 9.17) is 0 Å². The van der Waals surface area contributed by atoms with Gasteiger partial charge in [0, 0.05) is 0 Å². The van der Waals surface area contributed by atoms with Crippen LogP contribution >= 0.6 is 0 Å². The van der Waals surface area contributed by atoms with E-state index in [-0.39, 0.29) is 0 Å². The smallest absolute Gasteiger partial charge is 0.0728 e. The monoisotopic (exact) mass is 194 g/mol. The molecule has 1 rings (SSSR count). The molecule has 0 aliphatic heterocycles. The molecule has 0 atom stereocenters. The van der Waals surface area contributed by atoms with Crippen LogP contribution in [0.4, 0.5) is 0 Å². The van der Waals surface area contributed by atoms with Crippen LogP contribution in [0.2, 0.25) is 19.6 Å². The van der Waals surface area contributed by atoms with Gasteiger partial charge in [-0.25, -0.2) is 0 Å². The van der Waals surface area contributed by atoms with Crippen LogP contribution in [0.5, 0.6) is 0 Å². The van der Waals surface area contributed by atoms with E-state index >= 15 is 0 Å². The first-order valence-corrected chi connectivity index (χ1v) is 8.79. The van der Waals surface area contributed by atoms with Crippen LogP contribution in [-0.2, 0) is 0 Å². The predicted octanol–water partition coefficient (Wildman–Crippen LogP) is 4.17. The van der Waals surface area contributed by atoms with Crippen molar-refractivity contribution in [3.05, 3.63) is 22.9 Å². The molecule has 0 fully saturated rings. The van der Waals surface area contributed by atoms with Crippen molar-refractivity contribution in [3.63, 3.8) is 0 Å². The molecule has 0 amide bonds. The average molecular weight is 194 g/mol. The summed E-state index contributed by atoms with van der Waals surface area (Å²) in [5, 5.41) is 1.73. The van der Waals surface area contributed by atoms with Crippen LogP contribution in [0, 0.1) is 5.92 Å². The van der Waals surface area contributed by atoms with E-state index in [2.05, 4.69) is 45.6 Å². The Hall–Kier alpha value is -0.303. The van der Waals surface area contributed by atoms with E-state index in [0.717, 1.165) is 5.92 Å². The third-order valence-corrected chi connectivity index (χ3v) is 4.83. The van der Waals surface area contributed by atoms with E-state index < -0.39 is 8.07 Å². The number of hydrogen-bond acceptors (Lipinski definition) is 0. The van der Waals surface area contributed by atoms with Crippen LogP contribution in [0.25, 0.3) is 0 Å². The number of rotatable bonds is 3. The van der Waals surface area contributed by atoms with Crippen molar-refractivity contribution in [2.24, 2.45) is 5.92 Å². The van der Waals surface area contributed by atoms with Gasteiger partial charge in [0.2, 0.25) is 0 Å². The second kappa shape index (κ2) is 3.83. The van der Waals surface area contributed by atoms with Gasteiger partial charge in [-0.3, -0.25) is 0 Å². The molecule has 0 aromatic rings. The molecular weight excluding hydrogens is 172 g/mol. The van der Waals surface area contributed by atoms with Gasteiger partial charge in [-0.1, -0.05) is 56.4 Å². The molecule has 0 heterocycles. The van der Waals surface area contributed by atoms with Gasteiger partial charge in [0.25, 0.3) is 0 Å². The first kappa shape index (κ1) is 10.8. The Morgan fingerprint density at radius 2 is 1.92 bits per heavy atom. The topological polar surface area (TPSA) is 0 Å². The van der Waals surface area contributed by atoms with Crippen molar-refractivity contribution in [3.8, 4) is 0 Å². The van der Waals surface area contributed by atoms with E-state index in [0.29, 0.717) is 0 Å². The van der Waals surface area contributed by atoms with Crippen LogP contribution in [0.15, 0.2) is 22.9 Å². The fourth-order valence-corrected chi connectivity index (χ4v) is 3.05. The largest absolute Gasteiger partial charge is 0.0776 e. The van der Waals surface area contributed by atoms with Crippen molar-refractivity contribution < 1.29 is 0 Å². The van der Waals surface area contributed by atoms with Gasteiger partial charge >= 0.3 is 0 Å². The minimum Gasteiger partial charge on any atom is -0.0776 e. The summed E-state index contributed by atoms with van der Waals surface area (Å²) in [4.78, 5) is 0. The molecule has 74 valence electrons. The highest BCUT2D eigenvalue weighted by atomic mass is 28.3. The summed E-state index contributed by atoms with van der Waals surface area (Å²) in [5.74, 6) is 0.795. The predicted molar refractivity (Wildman–Crippen MR) is 63.6 cm³/mol. The molecule has 0 aromatic heterocycles. The van der Waals surface area contributed by atoms with Crippen molar-refractivity contribution in [2.45, 2.75) is 46.3 Å². The molecule has 0 saturated carbocycles. The molecule has 0 spiro atoms. The van der Waals surface area contributed by atoms with Crippen molar-refractivity contribution >= 4 is 8.07 Å². The summed E-state index contributed by atoms with van der Waals surface area (Å²) in [6.07, 6.45) is 7.38. The van der Waals surface area contributed by atoms with Gasteiger partial charge in [0.05, 0.1) is 8.07 Å². The molecule has 1 aliphatic rings. The summed E-state index contributed by atoms with van der Waals surface area (Å²) in [6, 6.07) is 0. The Kier molecular flexibility index (Phi) is 3.17. The third-order valence-electron chi connectivity index (χ3n) is 2.55. The highest BCUT2D eigenvalue weighted by Gasteiger charge is 2.21. The number of hydrogen-bond donors (Lipinski definition) is 0. The molecule has 0 radical (unpaired) electrons. The fraction of sp³-hybridized carbons (Fsp3) is 0.667. The summed E-state index contributed by atoms with van der Waals surface area (Å²) in [7, 11) is -1.01. The zero-order chi connectivity index (χ0) is 10.1. The minimum atomic E-state index is -1.01. The molecule has 0 bridgehead atoms. The summed E-state index contributed by atoms with van der Waals surface area (Å²) < 4.78 is 0. The first-order valence-electron chi connectivity index (χ1n) is 5.29. The van der Waals surface area contributed by atoms with Gasteiger partial charge < -0.3 is 0 Å². The lowest BCUT2D eigenvalue weighted by Crippen LogP contribution is -2.22. The SMILES string of the molecule is CC(C)CC1=CCC([Si](C)(C)C)=C1. The van der Waals surface area contributed by atoms with Crippen LogP contribution in [0.1, 0.15) is 26.7 Å². The van der Waals surface area contributed by atoms with Crippen molar-refractivity contribution in [2.75, 3.05) is 0 Å². The van der Waals surface area contributed by atoms with Crippen molar-refractivity contribution in [1.82, 2.24) is 0 Å². The Bertz CT molecular complexity index is 238. The van der Waals surface area contributed by atoms with E-state index in [9.17, 15) is 0 Å². The molecule has 13 heavy (non-hydrogen) atoms. The minimum absolute atomic E-state index is 0.795. The van der Waals surface area contributed by atoms with E-state index in [1.165, 1.54) is 12.8 Å². The van der Waals surface area contributed by atoms with E-state index in [1.54, 1.807) is 10.8 Å². The third kappa shape index (κ3) is 3.15. The maximum Gasteiger partial charge on any atom is 0.0728 e. The first-order chi connectivity index (χ1) is 5.89. The lowest BCUT2D eigenvalue weighted by atomic mass is 10.0. The Balaban J connectivity index is 2.61. The second-order valence-electron chi connectivity index (χ2n) is 5.50. The molecular formula is C12H22Si. The second-order valence-corrected chi connectivity index (χ2v) is 10.6. The number of allylic oxidation sites excluding steroid dienone is 4. The van der Waals surface area contributed by atoms with Crippen LogP contribution < -0.4 is 0 Å². The summed E-state index contributed by atoms with van der Waals surface area (Å²) in [6.45, 7) is 11.9. The van der Waals surface area contributed by atoms with Gasteiger partial charge in [0.1, 0.15) is 0 Å². The highest BCUT2D eigenvalue weighted by Crippen LogP contribution is 2.29. The maximum absolute atomic E-state index is 2.46.